The molecule has 0 aromatic heterocycles. The summed E-state index contributed by atoms with van der Waals surface area (Å²) in [6.45, 7) is 0. The number of fused-ring (bicyclic) bond motifs is 1. The first-order valence-electron chi connectivity index (χ1n) is 5.86. The van der Waals surface area contributed by atoms with Crippen LogP contribution in [0, 0.1) is 5.92 Å². The molecular weight excluding hydrogens is 361 g/mol. The van der Waals surface area contributed by atoms with E-state index in [0.717, 1.165) is 0 Å². The van der Waals surface area contributed by atoms with Crippen LogP contribution in [0.4, 0.5) is 39.5 Å². The standard InChI is InChI=1S/C10H6F9N5/c11-7(12,13)4-3-1-2-21-10(3,23-5(20)8(14,15)16)24-6(22-4)9(17,18)19/h1-3,21H,(H2,20,23). The first kappa shape index (κ1) is 18.1. The van der Waals surface area contributed by atoms with Gasteiger partial charge in [0.2, 0.25) is 17.5 Å². The molecule has 0 saturated carbocycles. The number of halogens is 9. The van der Waals surface area contributed by atoms with Crippen molar-refractivity contribution in [2.45, 2.75) is 24.3 Å². The molecule has 0 spiro atoms. The lowest BCUT2D eigenvalue weighted by Crippen LogP contribution is -2.54. The van der Waals surface area contributed by atoms with Crippen LogP contribution in [0.5, 0.6) is 0 Å². The van der Waals surface area contributed by atoms with Crippen molar-refractivity contribution in [3.8, 4) is 0 Å². The predicted molar refractivity (Wildman–Crippen MR) is 63.2 cm³/mol. The average Bonchev–Trinajstić information content (AvgIpc) is 2.77. The van der Waals surface area contributed by atoms with Gasteiger partial charge in [0.15, 0.2) is 0 Å². The summed E-state index contributed by atoms with van der Waals surface area (Å²) in [5.41, 5.74) is 2.63. The zero-order valence-electron chi connectivity index (χ0n) is 11.1. The largest absolute Gasteiger partial charge is 0.451 e. The Kier molecular flexibility index (Phi) is 3.84. The third-order valence-corrected chi connectivity index (χ3v) is 2.94. The first-order valence-corrected chi connectivity index (χ1v) is 5.86. The minimum atomic E-state index is -5.44. The number of nitrogens with one attached hydrogen (secondary N) is 1. The van der Waals surface area contributed by atoms with Gasteiger partial charge in [-0.15, -0.1) is 0 Å². The predicted octanol–water partition coefficient (Wildman–Crippen LogP) is 2.27. The van der Waals surface area contributed by atoms with E-state index >= 15 is 0 Å². The summed E-state index contributed by atoms with van der Waals surface area (Å²) in [5, 5.41) is 1.86. The molecule has 24 heavy (non-hydrogen) atoms. The van der Waals surface area contributed by atoms with Gasteiger partial charge >= 0.3 is 18.5 Å². The summed E-state index contributed by atoms with van der Waals surface area (Å²) in [5.74, 6) is -9.54. The van der Waals surface area contributed by atoms with Crippen LogP contribution in [0.25, 0.3) is 0 Å². The SMILES string of the molecule is N/C(=N\C12N=C(C(F)(F)F)N=C(C(F)(F)F)C1C=CN2)C(F)(F)F. The van der Waals surface area contributed by atoms with Crippen LogP contribution in [-0.4, -0.2) is 41.7 Å². The Labute approximate surface area is 126 Å². The van der Waals surface area contributed by atoms with Crippen LogP contribution in [0.3, 0.4) is 0 Å². The van der Waals surface area contributed by atoms with E-state index in [1.807, 2.05) is 5.32 Å². The number of hydrogen-bond donors (Lipinski definition) is 2. The Morgan fingerprint density at radius 3 is 2.12 bits per heavy atom. The van der Waals surface area contributed by atoms with Crippen molar-refractivity contribution in [2.75, 3.05) is 0 Å². The Balaban J connectivity index is 2.66. The molecular formula is C10H6F9N5. The van der Waals surface area contributed by atoms with E-state index in [9.17, 15) is 39.5 Å². The number of rotatable bonds is 1. The Bertz CT molecular complexity index is 651. The maximum Gasteiger partial charge on any atom is 0.451 e. The van der Waals surface area contributed by atoms with Crippen LogP contribution in [0.15, 0.2) is 27.3 Å². The quantitative estimate of drug-likeness (QED) is 0.424. The summed E-state index contributed by atoms with van der Waals surface area (Å²) < 4.78 is 115. The van der Waals surface area contributed by atoms with E-state index in [4.69, 9.17) is 0 Å². The molecule has 5 nitrogen and oxygen atoms in total. The molecule has 2 heterocycles. The molecule has 3 N–H and O–H groups in total. The smallest absolute Gasteiger partial charge is 0.380 e. The summed E-state index contributed by atoms with van der Waals surface area (Å²) >= 11 is 0. The monoisotopic (exact) mass is 367 g/mol. The van der Waals surface area contributed by atoms with Crippen molar-refractivity contribution in [2.24, 2.45) is 26.6 Å². The second-order valence-corrected chi connectivity index (χ2v) is 4.63. The number of hydrogen-bond acceptors (Lipinski definition) is 4. The van der Waals surface area contributed by atoms with Gasteiger partial charge in [-0.05, 0) is 6.20 Å². The molecule has 14 heteroatoms. The summed E-state index contributed by atoms with van der Waals surface area (Å²) in [7, 11) is 0. The zero-order chi connectivity index (χ0) is 18.6. The fraction of sp³-hybridized carbons (Fsp3) is 0.500. The fourth-order valence-corrected chi connectivity index (χ4v) is 1.98. The molecule has 2 aliphatic heterocycles. The van der Waals surface area contributed by atoms with Crippen molar-refractivity contribution < 1.29 is 39.5 Å². The lowest BCUT2D eigenvalue weighted by molar-refractivity contribution is -0.0684. The number of aliphatic imine (C=N–C) groups is 3. The van der Waals surface area contributed by atoms with Gasteiger partial charge in [0, 0.05) is 0 Å². The molecule has 2 aliphatic rings. The van der Waals surface area contributed by atoms with Crippen molar-refractivity contribution in [3.05, 3.63) is 12.3 Å². The lowest BCUT2D eigenvalue weighted by Gasteiger charge is -2.33. The van der Waals surface area contributed by atoms with Gasteiger partial charge in [0.05, 0.1) is 5.92 Å². The van der Waals surface area contributed by atoms with Crippen LogP contribution < -0.4 is 11.1 Å². The Morgan fingerprint density at radius 1 is 1.08 bits per heavy atom. The normalized spacial score (nSPS) is 28.2. The Hall–Kier alpha value is -2.28. The molecule has 0 radical (unpaired) electrons. The number of amidine groups is 2. The molecule has 0 aromatic rings. The highest BCUT2D eigenvalue weighted by Crippen LogP contribution is 2.40. The molecule has 0 fully saturated rings. The van der Waals surface area contributed by atoms with E-state index in [0.29, 0.717) is 12.3 Å². The van der Waals surface area contributed by atoms with Crippen molar-refractivity contribution in [1.82, 2.24) is 5.32 Å². The van der Waals surface area contributed by atoms with Gasteiger partial charge in [0.1, 0.15) is 5.71 Å². The second kappa shape index (κ2) is 5.11. The van der Waals surface area contributed by atoms with E-state index < -0.39 is 47.6 Å². The van der Waals surface area contributed by atoms with Gasteiger partial charge in [-0.3, -0.25) is 0 Å². The van der Waals surface area contributed by atoms with Crippen LogP contribution >= 0.6 is 0 Å². The highest BCUT2D eigenvalue weighted by atomic mass is 19.4. The average molecular weight is 367 g/mol. The van der Waals surface area contributed by atoms with E-state index in [1.54, 1.807) is 0 Å². The number of nitrogens with two attached hydrogens (primary N) is 1. The van der Waals surface area contributed by atoms with Crippen molar-refractivity contribution in [3.63, 3.8) is 0 Å². The summed E-state index contributed by atoms with van der Waals surface area (Å²) in [4.78, 5) is 8.00. The second-order valence-electron chi connectivity index (χ2n) is 4.63. The van der Waals surface area contributed by atoms with Gasteiger partial charge in [-0.1, -0.05) is 6.08 Å². The molecule has 2 rings (SSSR count). The third-order valence-electron chi connectivity index (χ3n) is 2.94. The van der Waals surface area contributed by atoms with Gasteiger partial charge in [0.25, 0.3) is 0 Å². The molecule has 0 aromatic carbocycles. The van der Waals surface area contributed by atoms with Crippen molar-refractivity contribution >= 4 is 17.4 Å². The van der Waals surface area contributed by atoms with Gasteiger partial charge < -0.3 is 11.1 Å². The number of nitrogens with zero attached hydrogens (tertiary/aromatic N) is 3. The highest BCUT2D eigenvalue weighted by molar-refractivity contribution is 6.07. The van der Waals surface area contributed by atoms with Crippen LogP contribution in [0.2, 0.25) is 0 Å². The zero-order valence-corrected chi connectivity index (χ0v) is 11.1. The van der Waals surface area contributed by atoms with Crippen molar-refractivity contribution in [1.29, 1.82) is 0 Å². The molecule has 0 amide bonds. The Morgan fingerprint density at radius 2 is 1.67 bits per heavy atom. The maximum atomic E-state index is 13.0. The minimum absolute atomic E-state index is 0.649. The van der Waals surface area contributed by atoms with E-state index in [2.05, 4.69) is 20.7 Å². The maximum absolute atomic E-state index is 13.0. The van der Waals surface area contributed by atoms with Crippen LogP contribution in [0.1, 0.15) is 0 Å². The molecule has 134 valence electrons. The molecule has 0 bridgehead atoms. The van der Waals surface area contributed by atoms with Gasteiger partial charge in [-0.2, -0.15) is 39.5 Å². The van der Waals surface area contributed by atoms with E-state index in [1.165, 1.54) is 0 Å². The van der Waals surface area contributed by atoms with Gasteiger partial charge in [-0.25, -0.2) is 15.0 Å². The molecule has 2 atom stereocenters. The van der Waals surface area contributed by atoms with E-state index in [-0.39, 0.29) is 0 Å². The molecule has 0 saturated heterocycles. The third kappa shape index (κ3) is 3.17. The first-order chi connectivity index (χ1) is 10.7. The highest BCUT2D eigenvalue weighted by Gasteiger charge is 2.57. The molecule has 0 aliphatic carbocycles. The van der Waals surface area contributed by atoms with Crippen LogP contribution in [-0.2, 0) is 0 Å². The topological polar surface area (TPSA) is 75.1 Å². The lowest BCUT2D eigenvalue weighted by atomic mass is 9.95. The number of alkyl halides is 9. The molecule has 2 unspecified atom stereocenters. The fourth-order valence-electron chi connectivity index (χ4n) is 1.98. The summed E-state index contributed by atoms with van der Waals surface area (Å²) in [6.07, 6.45) is -14.7. The summed E-state index contributed by atoms with van der Waals surface area (Å²) in [6, 6.07) is 0. The minimum Gasteiger partial charge on any atom is -0.380 e.